The highest BCUT2D eigenvalue weighted by molar-refractivity contribution is 7.15. The number of thiazole rings is 1. The third kappa shape index (κ3) is 3.35. The fourth-order valence-electron chi connectivity index (χ4n) is 2.39. The molecule has 0 aliphatic heterocycles. The van der Waals surface area contributed by atoms with E-state index >= 15 is 0 Å². The third-order valence-electron chi connectivity index (χ3n) is 4.03. The zero-order chi connectivity index (χ0) is 15.0. The van der Waals surface area contributed by atoms with Crippen LogP contribution >= 0.6 is 11.3 Å². The van der Waals surface area contributed by atoms with Crippen LogP contribution in [0.5, 0.6) is 0 Å². The van der Waals surface area contributed by atoms with Gasteiger partial charge in [-0.3, -0.25) is 4.79 Å². The molecular formula is C16H20N2O2S. The van der Waals surface area contributed by atoms with Gasteiger partial charge in [-0.15, -0.1) is 11.3 Å². The van der Waals surface area contributed by atoms with Gasteiger partial charge in [-0.2, -0.15) is 0 Å². The Morgan fingerprint density at radius 2 is 2.24 bits per heavy atom. The molecule has 1 saturated carbocycles. The maximum Gasteiger partial charge on any atom is 0.226 e. The molecule has 2 atom stereocenters. The minimum absolute atomic E-state index is 0.0125. The monoisotopic (exact) mass is 304 g/mol. The normalized spacial score (nSPS) is 20.5. The minimum Gasteiger partial charge on any atom is -0.466 e. The molecule has 2 aromatic heterocycles. The van der Waals surface area contributed by atoms with Crippen molar-refractivity contribution in [2.75, 3.05) is 5.32 Å². The Balaban J connectivity index is 1.50. The first-order valence-electron chi connectivity index (χ1n) is 7.35. The van der Waals surface area contributed by atoms with Crippen molar-refractivity contribution in [3.05, 3.63) is 34.2 Å². The predicted octanol–water partition coefficient (Wildman–Crippen LogP) is 4.05. The van der Waals surface area contributed by atoms with Crippen LogP contribution in [0.25, 0.3) is 0 Å². The second-order valence-corrected chi connectivity index (χ2v) is 7.04. The van der Waals surface area contributed by atoms with Crippen LogP contribution in [0.3, 0.4) is 0 Å². The standard InChI is InChI=1S/C16H20N2O2S/c1-9-8-13(9)14-6-4-12(20-14)5-7-15(19)18-16-17-10(2)11(3)21-16/h4,6,9,13H,5,7-8H2,1-3H3,(H,17,18,19)/t9-,13-/m0/s1. The Morgan fingerprint density at radius 1 is 1.48 bits per heavy atom. The molecule has 1 amide bonds. The van der Waals surface area contributed by atoms with Gasteiger partial charge >= 0.3 is 0 Å². The van der Waals surface area contributed by atoms with Crippen LogP contribution in [0.1, 0.15) is 47.8 Å². The van der Waals surface area contributed by atoms with Crippen molar-refractivity contribution >= 4 is 22.4 Å². The summed E-state index contributed by atoms with van der Waals surface area (Å²) in [4.78, 5) is 17.4. The van der Waals surface area contributed by atoms with Crippen molar-refractivity contribution in [1.29, 1.82) is 0 Å². The first-order valence-corrected chi connectivity index (χ1v) is 8.17. The molecule has 2 heterocycles. The molecule has 4 nitrogen and oxygen atoms in total. The van der Waals surface area contributed by atoms with Gasteiger partial charge in [0.15, 0.2) is 5.13 Å². The molecule has 0 unspecified atom stereocenters. The second kappa shape index (κ2) is 5.64. The number of rotatable bonds is 5. The lowest BCUT2D eigenvalue weighted by atomic mass is 10.2. The van der Waals surface area contributed by atoms with Crippen LogP contribution in [0.15, 0.2) is 16.5 Å². The van der Waals surface area contributed by atoms with Crippen LogP contribution in [0.2, 0.25) is 0 Å². The Bertz CT molecular complexity index is 640. The highest BCUT2D eigenvalue weighted by Crippen LogP contribution is 2.47. The van der Waals surface area contributed by atoms with Crippen LogP contribution < -0.4 is 5.32 Å². The number of nitrogens with zero attached hydrogens (tertiary/aromatic N) is 1. The Labute approximate surface area is 128 Å². The quantitative estimate of drug-likeness (QED) is 0.906. The van der Waals surface area contributed by atoms with Gasteiger partial charge in [0.25, 0.3) is 0 Å². The minimum atomic E-state index is -0.0125. The van der Waals surface area contributed by atoms with Crippen molar-refractivity contribution in [2.45, 2.75) is 46.0 Å². The van der Waals surface area contributed by atoms with E-state index in [0.29, 0.717) is 23.9 Å². The van der Waals surface area contributed by atoms with Gasteiger partial charge in [0.1, 0.15) is 11.5 Å². The number of carbonyl (C=O) groups excluding carboxylic acids is 1. The molecule has 0 radical (unpaired) electrons. The molecule has 2 aromatic rings. The van der Waals surface area contributed by atoms with Crippen molar-refractivity contribution in [3.8, 4) is 0 Å². The van der Waals surface area contributed by atoms with Gasteiger partial charge < -0.3 is 9.73 Å². The predicted molar refractivity (Wildman–Crippen MR) is 83.8 cm³/mol. The molecule has 0 saturated heterocycles. The Kier molecular flexibility index (Phi) is 3.85. The van der Waals surface area contributed by atoms with E-state index in [9.17, 15) is 4.79 Å². The number of anilines is 1. The summed E-state index contributed by atoms with van der Waals surface area (Å²) in [6, 6.07) is 4.04. The summed E-state index contributed by atoms with van der Waals surface area (Å²) in [5, 5.41) is 3.53. The number of aromatic nitrogens is 1. The molecule has 3 rings (SSSR count). The smallest absolute Gasteiger partial charge is 0.226 e. The van der Waals surface area contributed by atoms with E-state index in [2.05, 4.69) is 23.3 Å². The summed E-state index contributed by atoms with van der Waals surface area (Å²) in [6.07, 6.45) is 2.28. The van der Waals surface area contributed by atoms with Gasteiger partial charge in [0, 0.05) is 23.6 Å². The lowest BCUT2D eigenvalue weighted by Gasteiger charge is -2.00. The number of aryl methyl sites for hydroxylation is 3. The summed E-state index contributed by atoms with van der Waals surface area (Å²) in [7, 11) is 0. The van der Waals surface area contributed by atoms with Gasteiger partial charge in [0.2, 0.25) is 5.91 Å². The summed E-state index contributed by atoms with van der Waals surface area (Å²) in [6.45, 7) is 6.19. The molecule has 0 aromatic carbocycles. The first-order chi connectivity index (χ1) is 10.0. The summed E-state index contributed by atoms with van der Waals surface area (Å²) in [5.74, 6) is 3.29. The Hall–Kier alpha value is -1.62. The van der Waals surface area contributed by atoms with Gasteiger partial charge in [-0.25, -0.2) is 4.98 Å². The zero-order valence-electron chi connectivity index (χ0n) is 12.6. The topological polar surface area (TPSA) is 55.1 Å². The lowest BCUT2D eigenvalue weighted by Crippen LogP contribution is -2.11. The van der Waals surface area contributed by atoms with E-state index in [1.165, 1.54) is 17.8 Å². The number of furan rings is 1. The van der Waals surface area contributed by atoms with E-state index < -0.39 is 0 Å². The van der Waals surface area contributed by atoms with Gasteiger partial charge in [0.05, 0.1) is 5.69 Å². The van der Waals surface area contributed by atoms with Crippen molar-refractivity contribution in [2.24, 2.45) is 5.92 Å². The largest absolute Gasteiger partial charge is 0.466 e. The van der Waals surface area contributed by atoms with E-state index in [1.54, 1.807) is 0 Å². The molecule has 5 heteroatoms. The summed E-state index contributed by atoms with van der Waals surface area (Å²) >= 11 is 1.51. The van der Waals surface area contributed by atoms with Crippen LogP contribution in [-0.2, 0) is 11.2 Å². The maximum absolute atomic E-state index is 11.9. The molecule has 0 spiro atoms. The number of hydrogen-bond acceptors (Lipinski definition) is 4. The number of nitrogens with one attached hydrogen (secondary N) is 1. The van der Waals surface area contributed by atoms with E-state index in [4.69, 9.17) is 4.42 Å². The number of amides is 1. The van der Waals surface area contributed by atoms with Crippen LogP contribution in [-0.4, -0.2) is 10.9 Å². The summed E-state index contributed by atoms with van der Waals surface area (Å²) in [5.41, 5.74) is 0.976. The second-order valence-electron chi connectivity index (χ2n) is 5.83. The molecule has 21 heavy (non-hydrogen) atoms. The maximum atomic E-state index is 11.9. The molecule has 1 N–H and O–H groups in total. The lowest BCUT2D eigenvalue weighted by molar-refractivity contribution is -0.116. The van der Waals surface area contributed by atoms with Crippen molar-refractivity contribution in [3.63, 3.8) is 0 Å². The highest BCUT2D eigenvalue weighted by atomic mass is 32.1. The average Bonchev–Trinajstić information content (AvgIpc) is 2.84. The fourth-order valence-corrected chi connectivity index (χ4v) is 3.22. The van der Waals surface area contributed by atoms with Crippen LogP contribution in [0, 0.1) is 19.8 Å². The SMILES string of the molecule is Cc1nc(NC(=O)CCc2ccc([C@H]3C[C@@H]3C)o2)sc1C. The molecule has 1 aliphatic rings. The molecule has 112 valence electrons. The fraction of sp³-hybridized carbons (Fsp3) is 0.500. The molecular weight excluding hydrogens is 284 g/mol. The van der Waals surface area contributed by atoms with Gasteiger partial charge in [-0.05, 0) is 38.3 Å². The van der Waals surface area contributed by atoms with E-state index in [0.717, 1.165) is 28.0 Å². The third-order valence-corrected chi connectivity index (χ3v) is 5.02. The first kappa shape index (κ1) is 14.3. The van der Waals surface area contributed by atoms with E-state index in [-0.39, 0.29) is 5.91 Å². The van der Waals surface area contributed by atoms with E-state index in [1.807, 2.05) is 19.9 Å². The Morgan fingerprint density at radius 3 is 2.86 bits per heavy atom. The molecule has 1 aliphatic carbocycles. The van der Waals surface area contributed by atoms with Crippen LogP contribution in [0.4, 0.5) is 5.13 Å². The number of hydrogen-bond donors (Lipinski definition) is 1. The highest BCUT2D eigenvalue weighted by Gasteiger charge is 2.36. The average molecular weight is 304 g/mol. The number of carbonyl (C=O) groups is 1. The van der Waals surface area contributed by atoms with Crippen molar-refractivity contribution < 1.29 is 9.21 Å². The summed E-state index contributed by atoms with van der Waals surface area (Å²) < 4.78 is 5.81. The molecule has 1 fully saturated rings. The zero-order valence-corrected chi connectivity index (χ0v) is 13.4. The van der Waals surface area contributed by atoms with Gasteiger partial charge in [-0.1, -0.05) is 6.92 Å². The van der Waals surface area contributed by atoms with Crippen molar-refractivity contribution in [1.82, 2.24) is 4.98 Å². The molecule has 0 bridgehead atoms.